The Labute approximate surface area is 145 Å². The number of carbonyl (C=O) groups is 2. The molecule has 4 nitrogen and oxygen atoms in total. The molecule has 122 valence electrons. The second-order valence-electron chi connectivity index (χ2n) is 5.84. The lowest BCUT2D eigenvalue weighted by atomic mass is 10.1. The number of anilines is 2. The van der Waals surface area contributed by atoms with Crippen molar-refractivity contribution in [3.05, 3.63) is 69.9 Å². The molecule has 1 heterocycles. The standard InChI is InChI=1S/C19H17ClN2O2/c1-11-8-9-14(10-13(11)3)22-18(23)16(20)17(19(22)24)21-15-7-5-4-6-12(15)2/h4-10,21H,1-3H3. The summed E-state index contributed by atoms with van der Waals surface area (Å²) in [5.74, 6) is -0.961. The molecule has 0 fully saturated rings. The Morgan fingerprint density at radius 2 is 1.58 bits per heavy atom. The van der Waals surface area contributed by atoms with Crippen LogP contribution in [-0.4, -0.2) is 11.8 Å². The molecule has 2 aromatic carbocycles. The summed E-state index contributed by atoms with van der Waals surface area (Å²) in [5, 5.41) is 2.90. The molecule has 24 heavy (non-hydrogen) atoms. The molecule has 1 aliphatic heterocycles. The number of amides is 2. The number of hydrogen-bond acceptors (Lipinski definition) is 3. The van der Waals surface area contributed by atoms with Crippen molar-refractivity contribution >= 4 is 34.8 Å². The van der Waals surface area contributed by atoms with Crippen molar-refractivity contribution in [1.82, 2.24) is 0 Å². The third-order valence-corrected chi connectivity index (χ3v) is 4.53. The van der Waals surface area contributed by atoms with Crippen molar-refractivity contribution in [2.24, 2.45) is 0 Å². The molecule has 0 saturated heterocycles. The number of rotatable bonds is 3. The van der Waals surface area contributed by atoms with Crippen LogP contribution in [0, 0.1) is 20.8 Å². The maximum atomic E-state index is 12.7. The minimum atomic E-state index is -0.513. The van der Waals surface area contributed by atoms with Crippen molar-refractivity contribution in [2.75, 3.05) is 10.2 Å². The molecule has 0 spiro atoms. The van der Waals surface area contributed by atoms with Crippen molar-refractivity contribution in [3.8, 4) is 0 Å². The Morgan fingerprint density at radius 1 is 0.875 bits per heavy atom. The lowest BCUT2D eigenvalue weighted by Crippen LogP contribution is -2.32. The zero-order chi connectivity index (χ0) is 17.4. The van der Waals surface area contributed by atoms with E-state index in [9.17, 15) is 9.59 Å². The average molecular weight is 341 g/mol. The first-order valence-corrected chi connectivity index (χ1v) is 7.96. The largest absolute Gasteiger partial charge is 0.349 e. The van der Waals surface area contributed by atoms with Crippen molar-refractivity contribution < 1.29 is 9.59 Å². The second kappa shape index (κ2) is 6.13. The Morgan fingerprint density at radius 3 is 2.25 bits per heavy atom. The number of hydrogen-bond donors (Lipinski definition) is 1. The maximum absolute atomic E-state index is 12.7. The van der Waals surface area contributed by atoms with Gasteiger partial charge in [-0.3, -0.25) is 9.59 Å². The van der Waals surface area contributed by atoms with Crippen LogP contribution in [-0.2, 0) is 9.59 Å². The number of benzene rings is 2. The quantitative estimate of drug-likeness (QED) is 0.858. The van der Waals surface area contributed by atoms with Gasteiger partial charge < -0.3 is 5.32 Å². The van der Waals surface area contributed by atoms with E-state index in [0.717, 1.165) is 27.3 Å². The van der Waals surface area contributed by atoms with E-state index >= 15 is 0 Å². The first-order chi connectivity index (χ1) is 11.4. The lowest BCUT2D eigenvalue weighted by molar-refractivity contribution is -0.120. The molecule has 0 aliphatic carbocycles. The Kier molecular flexibility index (Phi) is 4.16. The molecule has 3 rings (SSSR count). The predicted octanol–water partition coefficient (Wildman–Crippen LogP) is 4.05. The van der Waals surface area contributed by atoms with E-state index in [-0.39, 0.29) is 10.7 Å². The van der Waals surface area contributed by atoms with Crippen molar-refractivity contribution in [3.63, 3.8) is 0 Å². The van der Waals surface area contributed by atoms with Gasteiger partial charge in [0.25, 0.3) is 11.8 Å². The van der Waals surface area contributed by atoms with Crippen LogP contribution < -0.4 is 10.2 Å². The molecule has 0 bridgehead atoms. The molecular weight excluding hydrogens is 324 g/mol. The first-order valence-electron chi connectivity index (χ1n) is 7.58. The molecule has 1 aliphatic rings. The summed E-state index contributed by atoms with van der Waals surface area (Å²) in [6, 6.07) is 12.9. The highest BCUT2D eigenvalue weighted by Gasteiger charge is 2.39. The molecule has 0 saturated carbocycles. The molecule has 0 aromatic heterocycles. The van der Waals surface area contributed by atoms with Gasteiger partial charge in [-0.25, -0.2) is 4.90 Å². The third-order valence-electron chi connectivity index (χ3n) is 4.18. The van der Waals surface area contributed by atoms with E-state index in [4.69, 9.17) is 11.6 Å². The lowest BCUT2D eigenvalue weighted by Gasteiger charge is -2.16. The first kappa shape index (κ1) is 16.3. The van der Waals surface area contributed by atoms with Gasteiger partial charge in [0.05, 0.1) is 5.69 Å². The van der Waals surface area contributed by atoms with E-state index in [1.807, 2.05) is 57.2 Å². The molecular formula is C19H17ClN2O2. The minimum Gasteiger partial charge on any atom is -0.349 e. The smallest absolute Gasteiger partial charge is 0.283 e. The summed E-state index contributed by atoms with van der Waals surface area (Å²) in [6.45, 7) is 5.83. The Bertz CT molecular complexity index is 887. The van der Waals surface area contributed by atoms with Gasteiger partial charge in [-0.05, 0) is 55.7 Å². The van der Waals surface area contributed by atoms with Gasteiger partial charge in [0.2, 0.25) is 0 Å². The van der Waals surface area contributed by atoms with Gasteiger partial charge >= 0.3 is 0 Å². The molecule has 2 aromatic rings. The zero-order valence-corrected chi connectivity index (χ0v) is 14.4. The van der Waals surface area contributed by atoms with Crippen LogP contribution in [0.5, 0.6) is 0 Å². The van der Waals surface area contributed by atoms with Crippen LogP contribution >= 0.6 is 11.6 Å². The Hall–Kier alpha value is -2.59. The normalized spacial score (nSPS) is 14.6. The number of nitrogens with one attached hydrogen (secondary N) is 1. The van der Waals surface area contributed by atoms with Crippen LogP contribution in [0.15, 0.2) is 53.2 Å². The van der Waals surface area contributed by atoms with E-state index in [2.05, 4.69) is 5.32 Å². The zero-order valence-electron chi connectivity index (χ0n) is 13.7. The van der Waals surface area contributed by atoms with Gasteiger partial charge in [-0.1, -0.05) is 35.9 Å². The predicted molar refractivity (Wildman–Crippen MR) is 96.1 cm³/mol. The summed E-state index contributed by atoms with van der Waals surface area (Å²) < 4.78 is 0. The van der Waals surface area contributed by atoms with E-state index in [1.165, 1.54) is 0 Å². The van der Waals surface area contributed by atoms with Gasteiger partial charge in [-0.15, -0.1) is 0 Å². The molecule has 0 radical (unpaired) electrons. The summed E-state index contributed by atoms with van der Waals surface area (Å²) in [6.07, 6.45) is 0. The number of imide groups is 1. The highest BCUT2D eigenvalue weighted by Crippen LogP contribution is 2.31. The third kappa shape index (κ3) is 2.69. The summed E-state index contributed by atoms with van der Waals surface area (Å²) in [5.41, 5.74) is 4.43. The molecule has 0 atom stereocenters. The maximum Gasteiger partial charge on any atom is 0.283 e. The summed E-state index contributed by atoms with van der Waals surface area (Å²) in [4.78, 5) is 26.3. The van der Waals surface area contributed by atoms with Crippen LogP contribution in [0.25, 0.3) is 0 Å². The number of para-hydroxylation sites is 1. The van der Waals surface area contributed by atoms with Crippen molar-refractivity contribution in [1.29, 1.82) is 0 Å². The summed E-state index contributed by atoms with van der Waals surface area (Å²) in [7, 11) is 0. The van der Waals surface area contributed by atoms with Crippen molar-refractivity contribution in [2.45, 2.75) is 20.8 Å². The van der Waals surface area contributed by atoms with Gasteiger partial charge in [0, 0.05) is 5.69 Å². The van der Waals surface area contributed by atoms with Crippen LogP contribution in [0.4, 0.5) is 11.4 Å². The highest BCUT2D eigenvalue weighted by atomic mass is 35.5. The van der Waals surface area contributed by atoms with E-state index < -0.39 is 11.8 Å². The minimum absolute atomic E-state index is 0.0959. The number of nitrogens with zero attached hydrogens (tertiary/aromatic N) is 1. The van der Waals surface area contributed by atoms with Crippen LogP contribution in [0.1, 0.15) is 16.7 Å². The number of carbonyl (C=O) groups excluding carboxylic acids is 2. The van der Waals surface area contributed by atoms with Gasteiger partial charge in [-0.2, -0.15) is 0 Å². The topological polar surface area (TPSA) is 49.4 Å². The molecule has 1 N–H and O–H groups in total. The second-order valence-corrected chi connectivity index (χ2v) is 6.22. The fourth-order valence-electron chi connectivity index (χ4n) is 2.56. The number of halogens is 1. The van der Waals surface area contributed by atoms with Gasteiger partial charge in [0.1, 0.15) is 10.7 Å². The fraction of sp³-hybridized carbons (Fsp3) is 0.158. The molecule has 0 unspecified atom stereocenters. The van der Waals surface area contributed by atoms with Crippen LogP contribution in [0.2, 0.25) is 0 Å². The average Bonchev–Trinajstić information content (AvgIpc) is 2.76. The molecule has 5 heteroatoms. The number of aryl methyl sites for hydroxylation is 3. The summed E-state index contributed by atoms with van der Waals surface area (Å²) >= 11 is 6.15. The highest BCUT2D eigenvalue weighted by molar-refractivity contribution is 6.53. The van der Waals surface area contributed by atoms with E-state index in [0.29, 0.717) is 5.69 Å². The fourth-order valence-corrected chi connectivity index (χ4v) is 2.77. The Balaban J connectivity index is 1.95. The monoisotopic (exact) mass is 340 g/mol. The SMILES string of the molecule is Cc1ccc(N2C(=O)C(Cl)=C(Nc3ccccc3C)C2=O)cc1C. The van der Waals surface area contributed by atoms with Gasteiger partial charge in [0.15, 0.2) is 0 Å². The van der Waals surface area contributed by atoms with Crippen LogP contribution in [0.3, 0.4) is 0 Å². The van der Waals surface area contributed by atoms with E-state index in [1.54, 1.807) is 6.07 Å². The molecule has 2 amide bonds.